The van der Waals surface area contributed by atoms with Crippen molar-refractivity contribution in [3.05, 3.63) is 0 Å². The smallest absolute Gasteiger partial charge is 0.189 e. The van der Waals surface area contributed by atoms with Gasteiger partial charge in [-0.15, -0.1) is 0 Å². The van der Waals surface area contributed by atoms with E-state index in [0.29, 0.717) is 24.1 Å². The zero-order valence-electron chi connectivity index (χ0n) is 9.41. The van der Waals surface area contributed by atoms with Crippen LogP contribution in [0.5, 0.6) is 0 Å². The molecule has 0 unspecified atom stereocenters. The van der Waals surface area contributed by atoms with Crippen LogP contribution in [0.1, 0.15) is 39.0 Å². The van der Waals surface area contributed by atoms with Crippen LogP contribution in [0, 0.1) is 0 Å². The van der Waals surface area contributed by atoms with E-state index in [1.807, 2.05) is 6.92 Å². The van der Waals surface area contributed by atoms with Crippen molar-refractivity contribution < 1.29 is 4.74 Å². The summed E-state index contributed by atoms with van der Waals surface area (Å²) in [5.41, 5.74) is 5.81. The minimum atomic E-state index is 0.434. The van der Waals surface area contributed by atoms with Gasteiger partial charge in [0.1, 0.15) is 0 Å². The molecule has 2 rings (SSSR count). The van der Waals surface area contributed by atoms with Crippen molar-refractivity contribution in [3.8, 4) is 0 Å². The molecule has 0 radical (unpaired) electrons. The van der Waals surface area contributed by atoms with Gasteiger partial charge < -0.3 is 15.8 Å². The van der Waals surface area contributed by atoms with Crippen molar-refractivity contribution in [2.24, 2.45) is 10.7 Å². The molecule has 0 aromatic rings. The lowest BCUT2D eigenvalue weighted by atomic mass is 9.89. The summed E-state index contributed by atoms with van der Waals surface area (Å²) in [6.07, 6.45) is 6.27. The molecule has 0 spiro atoms. The summed E-state index contributed by atoms with van der Waals surface area (Å²) in [6.45, 7) is 2.84. The normalized spacial score (nSPS) is 31.9. The fourth-order valence-corrected chi connectivity index (χ4v) is 2.01. The quantitative estimate of drug-likeness (QED) is 0.539. The highest BCUT2D eigenvalue weighted by Gasteiger charge is 2.30. The molecule has 0 bridgehead atoms. The van der Waals surface area contributed by atoms with Gasteiger partial charge in [-0.2, -0.15) is 0 Å². The van der Waals surface area contributed by atoms with Gasteiger partial charge in [0.05, 0.1) is 12.1 Å². The predicted octanol–water partition coefficient (Wildman–Crippen LogP) is 1.01. The standard InChI is InChI=1S/C11H21N3O/c1-2-15-10-6-9(7-10)14-11(12)13-8-4-3-5-8/h8-10H,2-7H2,1H3,(H3,12,13,14). The van der Waals surface area contributed by atoms with Crippen LogP contribution in [-0.4, -0.2) is 30.8 Å². The average molecular weight is 211 g/mol. The molecule has 0 aromatic carbocycles. The number of ether oxygens (including phenoxy) is 1. The zero-order valence-corrected chi connectivity index (χ0v) is 9.41. The maximum Gasteiger partial charge on any atom is 0.189 e. The third kappa shape index (κ3) is 2.84. The first-order valence-electron chi connectivity index (χ1n) is 5.99. The van der Waals surface area contributed by atoms with Crippen molar-refractivity contribution in [1.29, 1.82) is 0 Å². The number of nitrogens with two attached hydrogens (primary N) is 1. The minimum absolute atomic E-state index is 0.434. The van der Waals surface area contributed by atoms with Gasteiger partial charge in [0, 0.05) is 12.6 Å². The predicted molar refractivity (Wildman–Crippen MR) is 60.8 cm³/mol. The van der Waals surface area contributed by atoms with E-state index in [-0.39, 0.29) is 0 Å². The molecule has 4 heteroatoms. The molecule has 4 nitrogen and oxygen atoms in total. The Morgan fingerprint density at radius 1 is 1.47 bits per heavy atom. The van der Waals surface area contributed by atoms with E-state index < -0.39 is 0 Å². The van der Waals surface area contributed by atoms with E-state index in [0.717, 1.165) is 19.4 Å². The lowest BCUT2D eigenvalue weighted by Crippen LogP contribution is -2.50. The summed E-state index contributed by atoms with van der Waals surface area (Å²) in [6, 6.07) is 0.964. The highest BCUT2D eigenvalue weighted by molar-refractivity contribution is 5.78. The SMILES string of the molecule is CCOC1CC(NC(N)=NC2CCC2)C1. The van der Waals surface area contributed by atoms with Crippen LogP contribution in [0.15, 0.2) is 4.99 Å². The Morgan fingerprint density at radius 2 is 2.20 bits per heavy atom. The molecule has 2 aliphatic rings. The van der Waals surface area contributed by atoms with Crippen molar-refractivity contribution >= 4 is 5.96 Å². The van der Waals surface area contributed by atoms with Gasteiger partial charge >= 0.3 is 0 Å². The van der Waals surface area contributed by atoms with Crippen molar-refractivity contribution in [1.82, 2.24) is 5.32 Å². The summed E-state index contributed by atoms with van der Waals surface area (Å²) in [7, 11) is 0. The third-order valence-electron chi connectivity index (χ3n) is 3.25. The summed E-state index contributed by atoms with van der Waals surface area (Å²) in [5, 5.41) is 3.25. The van der Waals surface area contributed by atoms with Crippen LogP contribution < -0.4 is 11.1 Å². The minimum Gasteiger partial charge on any atom is -0.378 e. The maximum atomic E-state index is 5.81. The van der Waals surface area contributed by atoms with Crippen LogP contribution in [0.4, 0.5) is 0 Å². The highest BCUT2D eigenvalue weighted by Crippen LogP contribution is 2.24. The first kappa shape index (κ1) is 10.7. The lowest BCUT2D eigenvalue weighted by molar-refractivity contribution is -0.00569. The highest BCUT2D eigenvalue weighted by atomic mass is 16.5. The molecule has 0 aliphatic heterocycles. The van der Waals surface area contributed by atoms with E-state index in [9.17, 15) is 0 Å². The Kier molecular flexibility index (Phi) is 3.46. The van der Waals surface area contributed by atoms with Gasteiger partial charge in [-0.05, 0) is 39.0 Å². The van der Waals surface area contributed by atoms with Crippen molar-refractivity contribution in [3.63, 3.8) is 0 Å². The van der Waals surface area contributed by atoms with Crippen LogP contribution in [0.2, 0.25) is 0 Å². The van der Waals surface area contributed by atoms with Gasteiger partial charge in [-0.25, -0.2) is 0 Å². The monoisotopic (exact) mass is 211 g/mol. The number of guanidine groups is 1. The lowest BCUT2D eigenvalue weighted by Gasteiger charge is -2.36. The number of hydrogen-bond acceptors (Lipinski definition) is 2. The number of aliphatic imine (C=N–C) groups is 1. The Labute approximate surface area is 91.3 Å². The van der Waals surface area contributed by atoms with Crippen molar-refractivity contribution in [2.45, 2.75) is 57.2 Å². The molecule has 3 N–H and O–H groups in total. The first-order valence-corrected chi connectivity index (χ1v) is 5.99. The molecular weight excluding hydrogens is 190 g/mol. The Hall–Kier alpha value is -0.770. The molecular formula is C11H21N3O. The van der Waals surface area contributed by atoms with Gasteiger partial charge in [-0.1, -0.05) is 0 Å². The van der Waals surface area contributed by atoms with Gasteiger partial charge in [0.15, 0.2) is 5.96 Å². The topological polar surface area (TPSA) is 59.6 Å². The summed E-state index contributed by atoms with van der Waals surface area (Å²) >= 11 is 0. The van der Waals surface area contributed by atoms with E-state index >= 15 is 0 Å². The second kappa shape index (κ2) is 4.84. The third-order valence-corrected chi connectivity index (χ3v) is 3.25. The number of nitrogens with one attached hydrogen (secondary N) is 1. The molecule has 0 atom stereocenters. The number of nitrogens with zero attached hydrogens (tertiary/aromatic N) is 1. The fraction of sp³-hybridized carbons (Fsp3) is 0.909. The molecule has 15 heavy (non-hydrogen) atoms. The van der Waals surface area contributed by atoms with Gasteiger partial charge in [0.25, 0.3) is 0 Å². The Morgan fingerprint density at radius 3 is 2.73 bits per heavy atom. The average Bonchev–Trinajstić information content (AvgIpc) is 2.08. The molecule has 0 amide bonds. The largest absolute Gasteiger partial charge is 0.378 e. The number of hydrogen-bond donors (Lipinski definition) is 2. The summed E-state index contributed by atoms with van der Waals surface area (Å²) in [4.78, 5) is 4.42. The second-order valence-electron chi connectivity index (χ2n) is 4.49. The Balaban J connectivity index is 1.63. The van der Waals surface area contributed by atoms with Crippen LogP contribution in [0.3, 0.4) is 0 Å². The second-order valence-corrected chi connectivity index (χ2v) is 4.49. The first-order chi connectivity index (χ1) is 7.28. The van der Waals surface area contributed by atoms with E-state index in [2.05, 4.69) is 10.3 Å². The summed E-state index contributed by atoms with van der Waals surface area (Å²) < 4.78 is 5.48. The van der Waals surface area contributed by atoms with E-state index in [4.69, 9.17) is 10.5 Å². The van der Waals surface area contributed by atoms with Crippen LogP contribution in [0.25, 0.3) is 0 Å². The van der Waals surface area contributed by atoms with E-state index in [1.54, 1.807) is 0 Å². The maximum absolute atomic E-state index is 5.81. The van der Waals surface area contributed by atoms with Crippen molar-refractivity contribution in [2.75, 3.05) is 6.61 Å². The zero-order chi connectivity index (χ0) is 10.7. The molecule has 0 aromatic heterocycles. The number of rotatable bonds is 4. The molecule has 2 saturated carbocycles. The van der Waals surface area contributed by atoms with Crippen LogP contribution >= 0.6 is 0 Å². The molecule has 86 valence electrons. The molecule has 2 fully saturated rings. The van der Waals surface area contributed by atoms with E-state index in [1.165, 1.54) is 19.3 Å². The molecule has 0 saturated heterocycles. The van der Waals surface area contributed by atoms with Crippen LogP contribution in [-0.2, 0) is 4.74 Å². The molecule has 2 aliphatic carbocycles. The molecule has 0 heterocycles. The van der Waals surface area contributed by atoms with Gasteiger partial charge in [0.2, 0.25) is 0 Å². The fourth-order valence-electron chi connectivity index (χ4n) is 2.01. The summed E-state index contributed by atoms with van der Waals surface area (Å²) in [5.74, 6) is 0.625. The Bertz CT molecular complexity index is 232. The van der Waals surface area contributed by atoms with Gasteiger partial charge in [-0.3, -0.25) is 4.99 Å².